The Labute approximate surface area is 227 Å². The second-order valence-corrected chi connectivity index (χ2v) is 9.30. The normalized spacial score (nSPS) is 12.7. The standard InChI is InChI=1S/C32H29N3O4/c1-35(32(37)24-13-15-27(16-14-24)34-31(36)23-8-4-3-5-9-23)33-21-22-12-17-29(38-2)30(18-22)39-28-19-25-10-6-7-11-26(25)20-28/h3-18,21,28H,19-20H2,1-2H3,(H,34,36). The van der Waals surface area contributed by atoms with Crippen LogP contribution in [0.2, 0.25) is 0 Å². The van der Waals surface area contributed by atoms with Crippen LogP contribution in [0.25, 0.3) is 0 Å². The van der Waals surface area contributed by atoms with E-state index >= 15 is 0 Å². The average molecular weight is 520 g/mol. The molecule has 4 aromatic carbocycles. The van der Waals surface area contributed by atoms with E-state index in [1.54, 1.807) is 56.8 Å². The Morgan fingerprint density at radius 1 is 0.846 bits per heavy atom. The van der Waals surface area contributed by atoms with E-state index < -0.39 is 0 Å². The highest BCUT2D eigenvalue weighted by Crippen LogP contribution is 2.32. The molecule has 2 amide bonds. The molecule has 0 bridgehead atoms. The fourth-order valence-corrected chi connectivity index (χ4v) is 4.53. The van der Waals surface area contributed by atoms with Gasteiger partial charge in [0.2, 0.25) is 0 Å². The zero-order chi connectivity index (χ0) is 27.2. The summed E-state index contributed by atoms with van der Waals surface area (Å²) in [5.74, 6) is 0.797. The smallest absolute Gasteiger partial charge is 0.273 e. The second-order valence-electron chi connectivity index (χ2n) is 9.30. The number of hydrogen-bond acceptors (Lipinski definition) is 5. The lowest BCUT2D eigenvalue weighted by atomic mass is 10.1. The maximum atomic E-state index is 12.9. The van der Waals surface area contributed by atoms with Crippen LogP contribution in [0, 0.1) is 0 Å². The molecule has 196 valence electrons. The van der Waals surface area contributed by atoms with Crippen molar-refractivity contribution in [3.05, 3.63) is 125 Å². The van der Waals surface area contributed by atoms with E-state index in [4.69, 9.17) is 9.47 Å². The van der Waals surface area contributed by atoms with Crippen LogP contribution < -0.4 is 14.8 Å². The van der Waals surface area contributed by atoms with Gasteiger partial charge in [0.25, 0.3) is 11.8 Å². The van der Waals surface area contributed by atoms with E-state index in [0.717, 1.165) is 18.4 Å². The van der Waals surface area contributed by atoms with Crippen LogP contribution in [0.4, 0.5) is 5.69 Å². The number of ether oxygens (including phenoxy) is 2. The highest BCUT2D eigenvalue weighted by Gasteiger charge is 2.23. The van der Waals surface area contributed by atoms with Crippen LogP contribution in [0.1, 0.15) is 37.4 Å². The number of methoxy groups -OCH3 is 1. The van der Waals surface area contributed by atoms with Crippen LogP contribution in [0.3, 0.4) is 0 Å². The van der Waals surface area contributed by atoms with E-state index in [0.29, 0.717) is 28.3 Å². The van der Waals surface area contributed by atoms with E-state index in [1.165, 1.54) is 16.1 Å². The number of anilines is 1. The average Bonchev–Trinajstić information content (AvgIpc) is 3.39. The van der Waals surface area contributed by atoms with Gasteiger partial charge < -0.3 is 14.8 Å². The number of hydrazone groups is 1. The van der Waals surface area contributed by atoms with Gasteiger partial charge in [-0.25, -0.2) is 5.01 Å². The molecule has 7 nitrogen and oxygen atoms in total. The van der Waals surface area contributed by atoms with Crippen molar-refractivity contribution < 1.29 is 19.1 Å². The first-order valence-electron chi connectivity index (χ1n) is 12.7. The predicted molar refractivity (Wildman–Crippen MR) is 152 cm³/mol. The van der Waals surface area contributed by atoms with Crippen molar-refractivity contribution in [1.29, 1.82) is 0 Å². The van der Waals surface area contributed by atoms with Crippen molar-refractivity contribution in [1.82, 2.24) is 5.01 Å². The number of hydrogen-bond donors (Lipinski definition) is 1. The third kappa shape index (κ3) is 6.15. The Morgan fingerprint density at radius 2 is 1.51 bits per heavy atom. The molecule has 0 saturated heterocycles. The summed E-state index contributed by atoms with van der Waals surface area (Å²) in [4.78, 5) is 25.3. The lowest BCUT2D eigenvalue weighted by Gasteiger charge is -2.16. The highest BCUT2D eigenvalue weighted by atomic mass is 16.5. The number of carbonyl (C=O) groups excluding carboxylic acids is 2. The summed E-state index contributed by atoms with van der Waals surface area (Å²) in [6.45, 7) is 0. The Morgan fingerprint density at radius 3 is 2.18 bits per heavy atom. The SMILES string of the molecule is COc1ccc(C=NN(C)C(=O)c2ccc(NC(=O)c3ccccc3)cc2)cc1OC1Cc2ccccc2C1. The largest absolute Gasteiger partial charge is 0.493 e. The first kappa shape index (κ1) is 25.7. The topological polar surface area (TPSA) is 80.2 Å². The zero-order valence-corrected chi connectivity index (χ0v) is 21.8. The molecule has 7 heteroatoms. The summed E-state index contributed by atoms with van der Waals surface area (Å²) in [5, 5.41) is 8.44. The number of nitrogens with one attached hydrogen (secondary N) is 1. The van der Waals surface area contributed by atoms with Crippen LogP contribution in [0.5, 0.6) is 11.5 Å². The number of rotatable bonds is 8. The summed E-state index contributed by atoms with van der Waals surface area (Å²) in [5.41, 5.74) is 5.01. The highest BCUT2D eigenvalue weighted by molar-refractivity contribution is 6.04. The Bertz CT molecular complexity index is 1470. The molecule has 1 N–H and O–H groups in total. The second kappa shape index (κ2) is 11.6. The molecule has 0 unspecified atom stereocenters. The number of benzene rings is 4. The van der Waals surface area contributed by atoms with Crippen LogP contribution in [-0.4, -0.2) is 43.3 Å². The molecule has 0 radical (unpaired) electrons. The van der Waals surface area contributed by atoms with Crippen molar-refractivity contribution in [2.75, 3.05) is 19.5 Å². The fourth-order valence-electron chi connectivity index (χ4n) is 4.53. The van der Waals surface area contributed by atoms with Gasteiger partial charge in [0.1, 0.15) is 6.10 Å². The molecular formula is C32H29N3O4. The van der Waals surface area contributed by atoms with Crippen LogP contribution in [-0.2, 0) is 12.8 Å². The van der Waals surface area contributed by atoms with Gasteiger partial charge in [-0.2, -0.15) is 5.10 Å². The van der Waals surface area contributed by atoms with E-state index in [9.17, 15) is 9.59 Å². The summed E-state index contributed by atoms with van der Waals surface area (Å²) in [7, 11) is 3.21. The van der Waals surface area contributed by atoms with Crippen molar-refractivity contribution in [3.8, 4) is 11.5 Å². The predicted octanol–water partition coefficient (Wildman–Crippen LogP) is 5.60. The van der Waals surface area contributed by atoms with E-state index in [2.05, 4.69) is 34.7 Å². The van der Waals surface area contributed by atoms with E-state index in [1.807, 2.05) is 36.4 Å². The monoisotopic (exact) mass is 519 g/mol. The van der Waals surface area contributed by atoms with Crippen molar-refractivity contribution in [2.45, 2.75) is 18.9 Å². The molecule has 1 aliphatic carbocycles. The first-order valence-corrected chi connectivity index (χ1v) is 12.7. The molecule has 0 atom stereocenters. The molecular weight excluding hydrogens is 490 g/mol. The van der Waals surface area contributed by atoms with Gasteiger partial charge in [0.05, 0.1) is 13.3 Å². The summed E-state index contributed by atoms with van der Waals surface area (Å²) >= 11 is 0. The van der Waals surface area contributed by atoms with Gasteiger partial charge in [-0.1, -0.05) is 42.5 Å². The van der Waals surface area contributed by atoms with Crippen LogP contribution in [0.15, 0.2) is 102 Å². The Kier molecular flexibility index (Phi) is 7.68. The maximum absolute atomic E-state index is 12.9. The minimum absolute atomic E-state index is 0.0354. The van der Waals surface area contributed by atoms with Crippen molar-refractivity contribution in [3.63, 3.8) is 0 Å². The molecule has 4 aromatic rings. The lowest BCUT2D eigenvalue weighted by Crippen LogP contribution is -2.21. The van der Waals surface area contributed by atoms with E-state index in [-0.39, 0.29) is 17.9 Å². The van der Waals surface area contributed by atoms with Gasteiger partial charge in [-0.3, -0.25) is 9.59 Å². The molecule has 0 heterocycles. The summed E-state index contributed by atoms with van der Waals surface area (Å²) < 4.78 is 11.8. The minimum Gasteiger partial charge on any atom is -0.493 e. The zero-order valence-electron chi connectivity index (χ0n) is 21.8. The van der Waals surface area contributed by atoms with Crippen LogP contribution >= 0.6 is 0 Å². The molecule has 0 spiro atoms. The van der Waals surface area contributed by atoms with Gasteiger partial charge >= 0.3 is 0 Å². The lowest BCUT2D eigenvalue weighted by molar-refractivity contribution is 0.0800. The summed E-state index contributed by atoms with van der Waals surface area (Å²) in [6, 6.07) is 29.6. The third-order valence-corrected chi connectivity index (χ3v) is 6.59. The van der Waals surface area contributed by atoms with Crippen molar-refractivity contribution in [2.24, 2.45) is 5.10 Å². The summed E-state index contributed by atoms with van der Waals surface area (Å²) in [6.07, 6.45) is 3.35. The van der Waals surface area contributed by atoms with Gasteiger partial charge in [0.15, 0.2) is 11.5 Å². The molecule has 0 aromatic heterocycles. The van der Waals surface area contributed by atoms with Crippen molar-refractivity contribution >= 4 is 23.7 Å². The Hall–Kier alpha value is -4.91. The molecule has 1 aliphatic rings. The first-order chi connectivity index (χ1) is 19.0. The number of nitrogens with zero attached hydrogens (tertiary/aromatic N) is 2. The number of amides is 2. The number of carbonyl (C=O) groups is 2. The molecule has 39 heavy (non-hydrogen) atoms. The van der Waals surface area contributed by atoms with Gasteiger partial charge in [0, 0.05) is 36.7 Å². The Balaban J connectivity index is 1.21. The maximum Gasteiger partial charge on any atom is 0.273 e. The molecule has 0 saturated carbocycles. The molecule has 5 rings (SSSR count). The minimum atomic E-state index is -0.277. The van der Waals surface area contributed by atoms with Gasteiger partial charge in [-0.15, -0.1) is 0 Å². The fraction of sp³-hybridized carbons (Fsp3) is 0.156. The molecule has 0 aliphatic heterocycles. The number of fused-ring (bicyclic) bond motifs is 1. The van der Waals surface area contributed by atoms with Gasteiger partial charge in [-0.05, 0) is 71.3 Å². The quantitative estimate of drug-likeness (QED) is 0.243. The third-order valence-electron chi connectivity index (χ3n) is 6.59. The molecule has 0 fully saturated rings.